The van der Waals surface area contributed by atoms with Gasteiger partial charge in [0, 0.05) is 36.5 Å². The standard InChI is InChI=1S/C25H40N8O2/c1-15(34)28-18-12-16(30-25(5,6)7)8-9-19(18)32-11-10-17(22(32)35)29-23-27-14-26-21-13-20(24(2,3)4)31-33(21)23/h13-14,16-19,30H,8-12H2,1-7H3,(H,28,34)(H,26,27,29). The summed E-state index contributed by atoms with van der Waals surface area (Å²) in [5.41, 5.74) is 1.49. The molecule has 0 radical (unpaired) electrons. The molecule has 35 heavy (non-hydrogen) atoms. The third kappa shape index (κ3) is 5.74. The lowest BCUT2D eigenvalue weighted by atomic mass is 9.84. The SMILES string of the molecule is CC(=O)NC1CC(NC(C)(C)C)CCC1N1CCC(Nc2ncnc3cc(C(C)(C)C)nn23)C1=O. The normalized spacial score (nSPS) is 25.8. The van der Waals surface area contributed by atoms with Gasteiger partial charge in [-0.1, -0.05) is 20.8 Å². The topological polar surface area (TPSA) is 117 Å². The van der Waals surface area contributed by atoms with Crippen LogP contribution in [0.25, 0.3) is 5.65 Å². The number of likely N-dealkylation sites (tertiary alicyclic amines) is 1. The Kier molecular flexibility index (Phi) is 6.78. The average molecular weight is 485 g/mol. The molecule has 3 N–H and O–H groups in total. The Hall–Kier alpha value is -2.75. The number of carbonyl (C=O) groups is 2. The van der Waals surface area contributed by atoms with Crippen LogP contribution in [0.15, 0.2) is 12.4 Å². The molecule has 0 spiro atoms. The van der Waals surface area contributed by atoms with Gasteiger partial charge in [-0.05, 0) is 46.5 Å². The molecule has 192 valence electrons. The van der Waals surface area contributed by atoms with Crippen LogP contribution in [0.5, 0.6) is 0 Å². The molecule has 4 atom stereocenters. The van der Waals surface area contributed by atoms with Gasteiger partial charge in [-0.2, -0.15) is 9.61 Å². The number of fused-ring (bicyclic) bond motifs is 1. The van der Waals surface area contributed by atoms with Crippen LogP contribution < -0.4 is 16.0 Å². The van der Waals surface area contributed by atoms with Crippen molar-refractivity contribution < 1.29 is 9.59 Å². The second-order valence-corrected chi connectivity index (χ2v) is 12.0. The van der Waals surface area contributed by atoms with Crippen LogP contribution in [-0.4, -0.2) is 72.5 Å². The van der Waals surface area contributed by atoms with E-state index in [1.165, 1.54) is 6.33 Å². The summed E-state index contributed by atoms with van der Waals surface area (Å²) in [6, 6.07) is 1.78. The molecular formula is C25H40N8O2. The lowest BCUT2D eigenvalue weighted by Crippen LogP contribution is -2.59. The summed E-state index contributed by atoms with van der Waals surface area (Å²) in [4.78, 5) is 36.2. The number of anilines is 1. The van der Waals surface area contributed by atoms with Crippen LogP contribution >= 0.6 is 0 Å². The molecule has 1 aliphatic carbocycles. The van der Waals surface area contributed by atoms with Crippen molar-refractivity contribution in [2.75, 3.05) is 11.9 Å². The van der Waals surface area contributed by atoms with Gasteiger partial charge in [0.2, 0.25) is 17.8 Å². The molecule has 4 rings (SSSR count). The largest absolute Gasteiger partial charge is 0.351 e. The van der Waals surface area contributed by atoms with Crippen LogP contribution in [0.3, 0.4) is 0 Å². The van der Waals surface area contributed by atoms with Crippen molar-refractivity contribution in [2.24, 2.45) is 0 Å². The molecule has 1 aliphatic heterocycles. The van der Waals surface area contributed by atoms with Gasteiger partial charge >= 0.3 is 0 Å². The summed E-state index contributed by atoms with van der Waals surface area (Å²) in [7, 11) is 0. The summed E-state index contributed by atoms with van der Waals surface area (Å²) >= 11 is 0. The summed E-state index contributed by atoms with van der Waals surface area (Å²) in [6.45, 7) is 15.0. The van der Waals surface area contributed by atoms with E-state index in [9.17, 15) is 9.59 Å². The van der Waals surface area contributed by atoms with Gasteiger partial charge in [-0.3, -0.25) is 9.59 Å². The Morgan fingerprint density at radius 2 is 1.83 bits per heavy atom. The van der Waals surface area contributed by atoms with E-state index in [4.69, 9.17) is 5.10 Å². The molecule has 2 aliphatic rings. The van der Waals surface area contributed by atoms with Gasteiger partial charge < -0.3 is 20.9 Å². The number of aromatic nitrogens is 4. The molecule has 1 saturated heterocycles. The van der Waals surface area contributed by atoms with Crippen LogP contribution in [0, 0.1) is 0 Å². The first-order chi connectivity index (χ1) is 16.3. The van der Waals surface area contributed by atoms with Crippen molar-refractivity contribution in [1.29, 1.82) is 0 Å². The fraction of sp³-hybridized carbons (Fsp3) is 0.720. The third-order valence-electron chi connectivity index (χ3n) is 6.81. The Morgan fingerprint density at radius 3 is 2.49 bits per heavy atom. The van der Waals surface area contributed by atoms with Crippen molar-refractivity contribution in [2.45, 2.75) is 109 Å². The smallest absolute Gasteiger partial charge is 0.245 e. The van der Waals surface area contributed by atoms with Gasteiger partial charge in [0.1, 0.15) is 12.4 Å². The van der Waals surface area contributed by atoms with E-state index in [-0.39, 0.29) is 34.9 Å². The fourth-order valence-electron chi connectivity index (χ4n) is 5.29. The van der Waals surface area contributed by atoms with Crippen LogP contribution in [0.4, 0.5) is 5.95 Å². The van der Waals surface area contributed by atoms with E-state index < -0.39 is 6.04 Å². The minimum atomic E-state index is -0.390. The van der Waals surface area contributed by atoms with Gasteiger partial charge in [0.05, 0.1) is 17.8 Å². The molecule has 3 heterocycles. The molecule has 0 bridgehead atoms. The molecule has 2 aromatic heterocycles. The van der Waals surface area contributed by atoms with E-state index in [0.29, 0.717) is 30.6 Å². The average Bonchev–Trinajstić information content (AvgIpc) is 3.32. The fourth-order valence-corrected chi connectivity index (χ4v) is 5.29. The van der Waals surface area contributed by atoms with E-state index in [0.717, 1.165) is 25.0 Å². The maximum absolute atomic E-state index is 13.5. The molecule has 0 aromatic carbocycles. The summed E-state index contributed by atoms with van der Waals surface area (Å²) in [6.07, 6.45) is 4.79. The minimum absolute atomic E-state index is 0.00100. The second kappa shape index (κ2) is 9.37. The van der Waals surface area contributed by atoms with Crippen molar-refractivity contribution in [3.05, 3.63) is 18.1 Å². The molecular weight excluding hydrogens is 444 g/mol. The first-order valence-corrected chi connectivity index (χ1v) is 12.6. The Labute approximate surface area is 207 Å². The maximum Gasteiger partial charge on any atom is 0.245 e. The molecule has 10 nitrogen and oxygen atoms in total. The monoisotopic (exact) mass is 484 g/mol. The molecule has 2 amide bonds. The number of nitrogens with zero attached hydrogens (tertiary/aromatic N) is 5. The highest BCUT2D eigenvalue weighted by Gasteiger charge is 2.42. The number of carbonyl (C=O) groups excluding carboxylic acids is 2. The Bertz CT molecular complexity index is 1080. The molecule has 2 aromatic rings. The predicted molar refractivity (Wildman–Crippen MR) is 135 cm³/mol. The second-order valence-electron chi connectivity index (χ2n) is 12.0. The molecule has 1 saturated carbocycles. The lowest BCUT2D eigenvalue weighted by Gasteiger charge is -2.43. The zero-order valence-electron chi connectivity index (χ0n) is 22.1. The van der Waals surface area contributed by atoms with Crippen molar-refractivity contribution >= 4 is 23.4 Å². The first kappa shape index (κ1) is 25.3. The number of hydrogen-bond donors (Lipinski definition) is 3. The third-order valence-corrected chi connectivity index (χ3v) is 6.81. The van der Waals surface area contributed by atoms with E-state index >= 15 is 0 Å². The summed E-state index contributed by atoms with van der Waals surface area (Å²) in [5.74, 6) is 0.499. The summed E-state index contributed by atoms with van der Waals surface area (Å²) < 4.78 is 1.68. The van der Waals surface area contributed by atoms with Gasteiger partial charge in [0.25, 0.3) is 0 Å². The number of rotatable bonds is 5. The number of amides is 2. The van der Waals surface area contributed by atoms with Crippen LogP contribution in [0.2, 0.25) is 0 Å². The lowest BCUT2D eigenvalue weighted by molar-refractivity contribution is -0.132. The van der Waals surface area contributed by atoms with E-state index in [2.05, 4.69) is 67.5 Å². The van der Waals surface area contributed by atoms with Gasteiger partial charge in [-0.25, -0.2) is 9.97 Å². The zero-order valence-corrected chi connectivity index (χ0v) is 22.1. The highest BCUT2D eigenvalue weighted by molar-refractivity contribution is 5.87. The quantitative estimate of drug-likeness (QED) is 0.596. The van der Waals surface area contributed by atoms with Crippen LogP contribution in [0.1, 0.15) is 79.8 Å². The Balaban J connectivity index is 1.49. The maximum atomic E-state index is 13.5. The molecule has 10 heteroatoms. The summed E-state index contributed by atoms with van der Waals surface area (Å²) in [5, 5.41) is 14.8. The number of hydrogen-bond acceptors (Lipinski definition) is 7. The van der Waals surface area contributed by atoms with E-state index in [1.807, 2.05) is 11.0 Å². The zero-order chi connectivity index (χ0) is 25.5. The number of nitrogens with one attached hydrogen (secondary N) is 3. The first-order valence-electron chi connectivity index (χ1n) is 12.6. The van der Waals surface area contributed by atoms with Crippen molar-refractivity contribution in [3.63, 3.8) is 0 Å². The minimum Gasteiger partial charge on any atom is -0.351 e. The Morgan fingerprint density at radius 1 is 1.09 bits per heavy atom. The molecule has 2 fully saturated rings. The van der Waals surface area contributed by atoms with Gasteiger partial charge in [0.15, 0.2) is 5.65 Å². The van der Waals surface area contributed by atoms with Crippen molar-refractivity contribution in [1.82, 2.24) is 35.1 Å². The highest BCUT2D eigenvalue weighted by Crippen LogP contribution is 2.30. The molecule has 4 unspecified atom stereocenters. The van der Waals surface area contributed by atoms with E-state index in [1.54, 1.807) is 11.4 Å². The van der Waals surface area contributed by atoms with Gasteiger partial charge in [-0.15, -0.1) is 0 Å². The highest BCUT2D eigenvalue weighted by atomic mass is 16.2. The van der Waals surface area contributed by atoms with Crippen molar-refractivity contribution in [3.8, 4) is 0 Å². The predicted octanol–water partition coefficient (Wildman–Crippen LogP) is 2.25. The van der Waals surface area contributed by atoms with Crippen LogP contribution in [-0.2, 0) is 15.0 Å².